The number of hydrogen-bond donors (Lipinski definition) is 2. The van der Waals surface area contributed by atoms with Crippen LogP contribution in [0.15, 0.2) is 5.22 Å². The van der Waals surface area contributed by atoms with Gasteiger partial charge >= 0.3 is 0 Å². The van der Waals surface area contributed by atoms with E-state index in [-0.39, 0.29) is 16.8 Å². The van der Waals surface area contributed by atoms with Gasteiger partial charge in [0.2, 0.25) is 0 Å². The number of hydrogen-bond acceptors (Lipinski definition) is 2. The molecule has 0 atom stereocenters. The summed E-state index contributed by atoms with van der Waals surface area (Å²) in [4.78, 5) is 0. The second-order valence-corrected chi connectivity index (χ2v) is 0.129. The molecule has 0 spiro atoms. The van der Waals surface area contributed by atoms with Crippen molar-refractivity contribution in [3.05, 3.63) is 0 Å². The van der Waals surface area contributed by atoms with Gasteiger partial charge < -0.3 is 5.84 Å². The molecule has 0 rings (SSSR count). The van der Waals surface area contributed by atoms with Crippen molar-refractivity contribution in [1.82, 2.24) is 0 Å². The first kappa shape index (κ1) is 9.08. The van der Waals surface area contributed by atoms with E-state index in [1.165, 1.54) is 0 Å². The fourth-order valence-corrected chi connectivity index (χ4v) is 0. The number of nitrogens with two attached hydrogens (primary N) is 1. The molecule has 27 valence electrons. The third-order valence-electron chi connectivity index (χ3n) is 0. The van der Waals surface area contributed by atoms with E-state index in [1.54, 1.807) is 0 Å². The molecule has 0 unspecified atom stereocenters. The molecule has 0 heterocycles. The summed E-state index contributed by atoms with van der Waals surface area (Å²) in [6.45, 7) is 0. The SMILES string of the molecule is N=NN.[Co]. The Morgan fingerprint density at radius 3 is 1.75 bits per heavy atom. The predicted octanol–water partition coefficient (Wildman–Crippen LogP) is -0.111. The van der Waals surface area contributed by atoms with Gasteiger partial charge in [0.1, 0.15) is 0 Å². The quantitative estimate of drug-likeness (QED) is 0.251. The van der Waals surface area contributed by atoms with Crippen molar-refractivity contribution >= 4 is 0 Å². The smallest absolute Gasteiger partial charge is 0 e. The molecule has 0 aromatic carbocycles. The molecule has 0 saturated carbocycles. The van der Waals surface area contributed by atoms with Gasteiger partial charge in [0.15, 0.2) is 0 Å². The van der Waals surface area contributed by atoms with Crippen molar-refractivity contribution in [1.29, 1.82) is 5.53 Å². The van der Waals surface area contributed by atoms with Crippen LogP contribution in [-0.2, 0) is 16.8 Å². The molecule has 4 heteroatoms. The topological polar surface area (TPSA) is 62.2 Å². The first-order chi connectivity index (χ1) is 1.41. The zero-order chi connectivity index (χ0) is 2.71. The number of nitrogens with one attached hydrogen (secondary N) is 1. The summed E-state index contributed by atoms with van der Waals surface area (Å²) in [5.74, 6) is 4.14. The Bertz CT molecular complexity index is 10.8. The Labute approximate surface area is 34.2 Å². The van der Waals surface area contributed by atoms with Crippen LogP contribution in [0.4, 0.5) is 0 Å². The second kappa shape index (κ2) is 12.9. The molecule has 0 aliphatic rings. The largest absolute Gasteiger partial charge is 0.305 e. The van der Waals surface area contributed by atoms with Crippen LogP contribution in [-0.4, -0.2) is 0 Å². The zero-order valence-electron chi connectivity index (χ0n) is 1.86. The van der Waals surface area contributed by atoms with E-state index >= 15 is 0 Å². The molecule has 0 fully saturated rings. The Balaban J connectivity index is 0. The van der Waals surface area contributed by atoms with Crippen molar-refractivity contribution in [2.24, 2.45) is 11.1 Å². The monoisotopic (exact) mass is 104 g/mol. The maximum Gasteiger partial charge on any atom is 0 e. The van der Waals surface area contributed by atoms with Gasteiger partial charge in [-0.15, -0.1) is 0 Å². The Hall–Kier alpha value is -0.0935. The van der Waals surface area contributed by atoms with Crippen molar-refractivity contribution in [2.45, 2.75) is 0 Å². The minimum absolute atomic E-state index is 0. The standard InChI is InChI=1S/Co.H3N3/c;1-3-2/h;(H3,1,2). The van der Waals surface area contributed by atoms with Gasteiger partial charge in [-0.25, -0.2) is 0 Å². The van der Waals surface area contributed by atoms with Crippen LogP contribution >= 0.6 is 0 Å². The summed E-state index contributed by atoms with van der Waals surface area (Å²) < 4.78 is 0. The van der Waals surface area contributed by atoms with Gasteiger partial charge in [0, 0.05) is 16.8 Å². The van der Waals surface area contributed by atoms with Gasteiger partial charge in [-0.2, -0.15) is 5.53 Å². The average Bonchev–Trinajstić information content (AvgIpc) is 0.918. The van der Waals surface area contributed by atoms with Crippen LogP contribution in [0.2, 0.25) is 0 Å². The molecule has 1 radical (unpaired) electrons. The first-order valence-corrected chi connectivity index (χ1v) is 0.482. The molecular formula is H3CoN3. The van der Waals surface area contributed by atoms with E-state index in [0.717, 1.165) is 0 Å². The minimum atomic E-state index is 0. The van der Waals surface area contributed by atoms with Crippen molar-refractivity contribution < 1.29 is 16.8 Å². The Morgan fingerprint density at radius 2 is 1.75 bits per heavy atom. The summed E-state index contributed by atoms with van der Waals surface area (Å²) in [5, 5.41) is 2.25. The van der Waals surface area contributed by atoms with E-state index < -0.39 is 0 Å². The van der Waals surface area contributed by atoms with Gasteiger partial charge in [-0.05, 0) is 0 Å². The predicted molar refractivity (Wildman–Crippen MR) is 9.34 cm³/mol. The molecule has 4 heavy (non-hydrogen) atoms. The third kappa shape index (κ3) is 179. The molecule has 3 N–H and O–H groups in total. The molecule has 0 bridgehead atoms. The maximum absolute atomic E-state index is 5.61. The van der Waals surface area contributed by atoms with Crippen LogP contribution in [0.25, 0.3) is 0 Å². The van der Waals surface area contributed by atoms with Crippen molar-refractivity contribution in [3.63, 3.8) is 0 Å². The van der Waals surface area contributed by atoms with Crippen LogP contribution < -0.4 is 5.84 Å². The summed E-state index contributed by atoms with van der Waals surface area (Å²) >= 11 is 0. The van der Waals surface area contributed by atoms with Gasteiger partial charge in [0.05, 0.1) is 0 Å². The Kier molecular flexibility index (Phi) is 29.2. The van der Waals surface area contributed by atoms with Crippen molar-refractivity contribution in [2.75, 3.05) is 0 Å². The summed E-state index contributed by atoms with van der Waals surface area (Å²) in [6, 6.07) is 0. The fraction of sp³-hybridized carbons (Fsp3) is 0. The third-order valence-corrected chi connectivity index (χ3v) is 0. The van der Waals surface area contributed by atoms with Gasteiger partial charge in [-0.3, -0.25) is 0 Å². The minimum Gasteiger partial charge on any atom is -0.305 e. The second-order valence-electron chi connectivity index (χ2n) is 0.129. The molecule has 0 aromatic heterocycles. The van der Waals surface area contributed by atoms with Crippen LogP contribution in [0.3, 0.4) is 0 Å². The maximum atomic E-state index is 5.61. The Morgan fingerprint density at radius 1 is 1.75 bits per heavy atom. The molecule has 0 amide bonds. The van der Waals surface area contributed by atoms with Crippen LogP contribution in [0.5, 0.6) is 0 Å². The van der Waals surface area contributed by atoms with Gasteiger partial charge in [-0.1, -0.05) is 5.22 Å². The van der Waals surface area contributed by atoms with E-state index in [4.69, 9.17) is 5.53 Å². The molecular weight excluding hydrogens is 101 g/mol. The van der Waals surface area contributed by atoms with Crippen LogP contribution in [0, 0.1) is 5.53 Å². The molecule has 0 aliphatic carbocycles. The van der Waals surface area contributed by atoms with Crippen LogP contribution in [0.1, 0.15) is 0 Å². The number of rotatable bonds is 0. The summed E-state index contributed by atoms with van der Waals surface area (Å²) in [6.07, 6.45) is 0. The molecule has 0 saturated heterocycles. The fourth-order valence-electron chi connectivity index (χ4n) is 0. The number of nitrogens with zero attached hydrogens (tertiary/aromatic N) is 1. The van der Waals surface area contributed by atoms with E-state index in [9.17, 15) is 0 Å². The molecule has 0 aromatic rings. The molecule has 3 nitrogen and oxygen atoms in total. The van der Waals surface area contributed by atoms with E-state index in [1.807, 2.05) is 0 Å². The summed E-state index contributed by atoms with van der Waals surface area (Å²) in [7, 11) is 0. The van der Waals surface area contributed by atoms with E-state index in [2.05, 4.69) is 11.1 Å². The summed E-state index contributed by atoms with van der Waals surface area (Å²) in [5.41, 5.74) is 5.61. The first-order valence-electron chi connectivity index (χ1n) is 0.482. The normalized spacial score (nSPS) is 3.00. The van der Waals surface area contributed by atoms with Gasteiger partial charge in [0.25, 0.3) is 0 Å². The van der Waals surface area contributed by atoms with E-state index in [0.29, 0.717) is 0 Å². The van der Waals surface area contributed by atoms with Crippen molar-refractivity contribution in [3.8, 4) is 0 Å². The average molecular weight is 104 g/mol. The molecule has 0 aliphatic heterocycles. The zero-order valence-corrected chi connectivity index (χ0v) is 2.90.